The molecule has 0 bridgehead atoms. The third-order valence-corrected chi connectivity index (χ3v) is 8.15. The lowest BCUT2D eigenvalue weighted by molar-refractivity contribution is -0.152. The maximum absolute atomic E-state index is 14.1. The SMILES string of the molecule is CCOC(=O)CO[C@H]1C(=O)N(CCNCCCc2ccc(C)cc2)c2ccccc2S[C@H]1c1ccc(OC)cc1. The van der Waals surface area contributed by atoms with Crippen LogP contribution < -0.4 is 15.0 Å². The lowest BCUT2D eigenvalue weighted by Gasteiger charge is -2.28. The highest BCUT2D eigenvalue weighted by molar-refractivity contribution is 7.99. The second-order valence-corrected chi connectivity index (χ2v) is 10.8. The van der Waals surface area contributed by atoms with Crippen LogP contribution in [0.5, 0.6) is 5.75 Å². The van der Waals surface area contributed by atoms with Gasteiger partial charge in [0.05, 0.1) is 24.7 Å². The molecule has 40 heavy (non-hydrogen) atoms. The fraction of sp³-hybridized carbons (Fsp3) is 0.375. The molecule has 8 heteroatoms. The van der Waals surface area contributed by atoms with Gasteiger partial charge in [0.15, 0.2) is 6.10 Å². The summed E-state index contributed by atoms with van der Waals surface area (Å²) in [6.07, 6.45) is 1.13. The van der Waals surface area contributed by atoms with Gasteiger partial charge in [-0.3, -0.25) is 4.79 Å². The van der Waals surface area contributed by atoms with Crippen molar-refractivity contribution in [1.29, 1.82) is 0 Å². The van der Waals surface area contributed by atoms with Crippen LogP contribution in [0.25, 0.3) is 0 Å². The first-order valence-electron chi connectivity index (χ1n) is 13.7. The molecule has 1 aliphatic rings. The van der Waals surface area contributed by atoms with Crippen molar-refractivity contribution < 1.29 is 23.8 Å². The Balaban J connectivity index is 1.49. The van der Waals surface area contributed by atoms with Gasteiger partial charge in [0.25, 0.3) is 5.91 Å². The van der Waals surface area contributed by atoms with Crippen LogP contribution in [0.15, 0.2) is 77.7 Å². The second kappa shape index (κ2) is 14.9. The predicted molar refractivity (Wildman–Crippen MR) is 159 cm³/mol. The number of carbonyl (C=O) groups excluding carboxylic acids is 2. The van der Waals surface area contributed by atoms with Crippen molar-refractivity contribution in [2.45, 2.75) is 42.9 Å². The number of hydrogen-bond acceptors (Lipinski definition) is 7. The molecule has 0 saturated carbocycles. The van der Waals surface area contributed by atoms with Gasteiger partial charge in [-0.2, -0.15) is 0 Å². The van der Waals surface area contributed by atoms with Crippen molar-refractivity contribution in [2.75, 3.05) is 44.9 Å². The third-order valence-electron chi connectivity index (χ3n) is 6.78. The monoisotopic (exact) mass is 562 g/mol. The molecule has 1 N–H and O–H groups in total. The number of esters is 1. The molecule has 0 spiro atoms. The Morgan fingerprint density at radius 3 is 2.48 bits per heavy atom. The highest BCUT2D eigenvalue weighted by Crippen LogP contribution is 2.46. The van der Waals surface area contributed by atoms with Crippen LogP contribution in [0, 0.1) is 6.92 Å². The van der Waals surface area contributed by atoms with Crippen molar-refractivity contribution >= 4 is 29.3 Å². The van der Waals surface area contributed by atoms with E-state index in [4.69, 9.17) is 14.2 Å². The lowest BCUT2D eigenvalue weighted by atomic mass is 10.1. The lowest BCUT2D eigenvalue weighted by Crippen LogP contribution is -2.45. The number of benzene rings is 3. The van der Waals surface area contributed by atoms with Crippen molar-refractivity contribution in [2.24, 2.45) is 0 Å². The largest absolute Gasteiger partial charge is 0.497 e. The molecule has 0 saturated heterocycles. The van der Waals surface area contributed by atoms with Crippen molar-refractivity contribution in [1.82, 2.24) is 5.32 Å². The molecule has 0 aromatic heterocycles. The number of rotatable bonds is 13. The molecule has 3 aromatic rings. The van der Waals surface area contributed by atoms with E-state index in [0.717, 1.165) is 41.3 Å². The van der Waals surface area contributed by atoms with Crippen molar-refractivity contribution in [3.63, 3.8) is 0 Å². The van der Waals surface area contributed by atoms with Crippen LogP contribution in [-0.4, -0.2) is 57.9 Å². The number of anilines is 1. The van der Waals surface area contributed by atoms with E-state index < -0.39 is 12.1 Å². The molecule has 212 valence electrons. The summed E-state index contributed by atoms with van der Waals surface area (Å²) in [7, 11) is 1.62. The molecule has 1 amide bonds. The van der Waals surface area contributed by atoms with Crippen LogP contribution in [0.3, 0.4) is 0 Å². The van der Waals surface area contributed by atoms with Gasteiger partial charge in [0.2, 0.25) is 0 Å². The van der Waals surface area contributed by atoms with Gasteiger partial charge in [0.1, 0.15) is 12.4 Å². The Kier molecular flexibility index (Phi) is 11.0. The number of ether oxygens (including phenoxy) is 3. The number of carbonyl (C=O) groups is 2. The number of nitrogens with one attached hydrogen (secondary N) is 1. The fourth-order valence-corrected chi connectivity index (χ4v) is 6.00. The molecular formula is C32H38N2O5S. The number of fused-ring (bicyclic) bond motifs is 1. The first-order chi connectivity index (χ1) is 19.5. The molecule has 7 nitrogen and oxygen atoms in total. The molecular weight excluding hydrogens is 524 g/mol. The average Bonchev–Trinajstić information content (AvgIpc) is 3.09. The Bertz CT molecular complexity index is 1250. The zero-order chi connectivity index (χ0) is 28.3. The Hall–Kier alpha value is -3.33. The summed E-state index contributed by atoms with van der Waals surface area (Å²) in [5, 5.41) is 3.13. The van der Waals surface area contributed by atoms with Gasteiger partial charge in [-0.05, 0) is 68.6 Å². The molecule has 0 aliphatic carbocycles. The standard InChI is InChI=1S/C32H38N2O5S/c1-4-38-29(35)22-39-30-31(25-15-17-26(37-3)18-16-25)40-28-10-6-5-9-27(28)34(32(30)36)21-20-33-19-7-8-24-13-11-23(2)12-14-24/h5-6,9-18,30-31,33H,4,7-8,19-22H2,1-3H3/t30-,31+/m1/s1. The highest BCUT2D eigenvalue weighted by Gasteiger charge is 2.39. The van der Waals surface area contributed by atoms with Crippen LogP contribution in [0.2, 0.25) is 0 Å². The minimum atomic E-state index is -0.878. The maximum atomic E-state index is 14.1. The minimum absolute atomic E-state index is 0.177. The van der Waals surface area contributed by atoms with Gasteiger partial charge in [0, 0.05) is 18.0 Å². The van der Waals surface area contributed by atoms with E-state index in [-0.39, 0.29) is 24.4 Å². The van der Waals surface area contributed by atoms with Crippen molar-refractivity contribution in [3.8, 4) is 5.75 Å². The summed E-state index contributed by atoms with van der Waals surface area (Å²) >= 11 is 1.57. The molecule has 4 rings (SSSR count). The van der Waals surface area contributed by atoms with Crippen LogP contribution in [0.4, 0.5) is 5.69 Å². The number of hydrogen-bond donors (Lipinski definition) is 1. The van der Waals surface area contributed by atoms with E-state index in [1.165, 1.54) is 11.1 Å². The molecule has 2 atom stereocenters. The molecule has 0 unspecified atom stereocenters. The van der Waals surface area contributed by atoms with E-state index in [1.807, 2.05) is 48.5 Å². The molecule has 1 heterocycles. The van der Waals surface area contributed by atoms with Crippen molar-refractivity contribution in [3.05, 3.63) is 89.5 Å². The van der Waals surface area contributed by atoms with Gasteiger partial charge in [-0.25, -0.2) is 4.79 Å². The zero-order valence-electron chi connectivity index (χ0n) is 23.4. The van der Waals surface area contributed by atoms with Crippen LogP contribution in [0.1, 0.15) is 35.3 Å². The van der Waals surface area contributed by atoms with E-state index >= 15 is 0 Å². The zero-order valence-corrected chi connectivity index (χ0v) is 24.2. The van der Waals surface area contributed by atoms with E-state index in [1.54, 1.807) is 30.7 Å². The highest BCUT2D eigenvalue weighted by atomic mass is 32.2. The van der Waals surface area contributed by atoms with Gasteiger partial charge < -0.3 is 24.4 Å². The number of amides is 1. The van der Waals surface area contributed by atoms with Gasteiger partial charge in [-0.1, -0.05) is 54.1 Å². The Morgan fingerprint density at radius 1 is 1.00 bits per heavy atom. The summed E-state index contributed by atoms with van der Waals surface area (Å²) in [4.78, 5) is 29.1. The van der Waals surface area contributed by atoms with Crippen LogP contribution >= 0.6 is 11.8 Å². The summed E-state index contributed by atoms with van der Waals surface area (Å²) in [5.74, 6) is 0.0644. The molecule has 0 fully saturated rings. The first-order valence-corrected chi connectivity index (χ1v) is 14.6. The summed E-state index contributed by atoms with van der Waals surface area (Å²) in [6, 6.07) is 24.2. The second-order valence-electron chi connectivity index (χ2n) is 9.64. The van der Waals surface area contributed by atoms with Crippen LogP contribution in [-0.2, 0) is 25.5 Å². The Morgan fingerprint density at radius 2 is 1.75 bits per heavy atom. The average molecular weight is 563 g/mol. The number of para-hydroxylation sites is 1. The summed E-state index contributed by atoms with van der Waals surface area (Å²) in [5.41, 5.74) is 4.35. The van der Waals surface area contributed by atoms with Gasteiger partial charge in [-0.15, -0.1) is 11.8 Å². The normalized spacial score (nSPS) is 16.8. The predicted octanol–water partition coefficient (Wildman–Crippen LogP) is 5.35. The topological polar surface area (TPSA) is 77.1 Å². The molecule has 1 aliphatic heterocycles. The first kappa shape index (κ1) is 29.6. The minimum Gasteiger partial charge on any atom is -0.497 e. The number of aryl methyl sites for hydroxylation is 2. The summed E-state index contributed by atoms with van der Waals surface area (Å²) < 4.78 is 16.4. The number of methoxy groups -OCH3 is 1. The maximum Gasteiger partial charge on any atom is 0.332 e. The smallest absolute Gasteiger partial charge is 0.332 e. The molecule has 3 aromatic carbocycles. The number of thioether (sulfide) groups is 1. The van der Waals surface area contributed by atoms with E-state index in [0.29, 0.717) is 13.1 Å². The quantitative estimate of drug-likeness (QED) is 0.222. The Labute approximate surface area is 241 Å². The third kappa shape index (κ3) is 7.87. The van der Waals surface area contributed by atoms with Gasteiger partial charge >= 0.3 is 5.97 Å². The summed E-state index contributed by atoms with van der Waals surface area (Å²) in [6.45, 7) is 5.77. The van der Waals surface area contributed by atoms with E-state index in [2.05, 4.69) is 36.5 Å². The molecule has 0 radical (unpaired) electrons. The fourth-order valence-electron chi connectivity index (χ4n) is 4.65. The van der Waals surface area contributed by atoms with E-state index in [9.17, 15) is 9.59 Å². The number of nitrogens with zero attached hydrogens (tertiary/aromatic N) is 1.